The molecule has 0 aromatic carbocycles. The van der Waals surface area contributed by atoms with Gasteiger partial charge in [-0.05, 0) is 39.5 Å². The van der Waals surface area contributed by atoms with E-state index < -0.39 is 5.54 Å². The fourth-order valence-electron chi connectivity index (χ4n) is 1.83. The summed E-state index contributed by atoms with van der Waals surface area (Å²) in [6, 6.07) is 0.482. The first-order valence-electron chi connectivity index (χ1n) is 7.15. The maximum atomic E-state index is 12.0. The lowest BCUT2D eigenvalue weighted by Crippen LogP contribution is -2.52. The lowest BCUT2D eigenvalue weighted by Gasteiger charge is -2.28. The van der Waals surface area contributed by atoms with Gasteiger partial charge in [-0.15, -0.1) is 0 Å². The van der Waals surface area contributed by atoms with Gasteiger partial charge < -0.3 is 9.47 Å². The Morgan fingerprint density at radius 2 is 2.06 bits per heavy atom. The zero-order chi connectivity index (χ0) is 13.4. The van der Waals surface area contributed by atoms with Crippen molar-refractivity contribution in [2.45, 2.75) is 64.5 Å². The summed E-state index contributed by atoms with van der Waals surface area (Å²) in [6.07, 6.45) is 5.20. The van der Waals surface area contributed by atoms with E-state index in [0.29, 0.717) is 25.7 Å². The quantitative estimate of drug-likeness (QED) is 0.482. The third-order valence-corrected chi connectivity index (χ3v) is 3.21. The van der Waals surface area contributed by atoms with Gasteiger partial charge in [0.1, 0.15) is 5.54 Å². The highest BCUT2D eigenvalue weighted by Gasteiger charge is 2.39. The van der Waals surface area contributed by atoms with Crippen LogP contribution >= 0.6 is 0 Å². The van der Waals surface area contributed by atoms with Crippen LogP contribution in [-0.4, -0.2) is 37.4 Å². The summed E-state index contributed by atoms with van der Waals surface area (Å²) in [6.45, 7) is 7.71. The Morgan fingerprint density at radius 3 is 2.61 bits per heavy atom. The summed E-state index contributed by atoms with van der Waals surface area (Å²) in [5.41, 5.74) is -0.594. The first-order chi connectivity index (χ1) is 8.62. The molecule has 1 saturated carbocycles. The molecule has 0 bridgehead atoms. The van der Waals surface area contributed by atoms with E-state index >= 15 is 0 Å². The van der Waals surface area contributed by atoms with Gasteiger partial charge in [0, 0.05) is 19.3 Å². The van der Waals surface area contributed by atoms with Crippen molar-refractivity contribution >= 4 is 5.97 Å². The van der Waals surface area contributed by atoms with Crippen LogP contribution in [0.4, 0.5) is 0 Å². The number of hydrogen-bond donors (Lipinski definition) is 1. The maximum Gasteiger partial charge on any atom is 0.326 e. The number of nitrogens with one attached hydrogen (secondary N) is 1. The molecule has 1 aliphatic rings. The Labute approximate surface area is 110 Å². The van der Waals surface area contributed by atoms with Crippen LogP contribution in [-0.2, 0) is 14.3 Å². The van der Waals surface area contributed by atoms with Gasteiger partial charge in [0.05, 0.1) is 6.61 Å². The minimum atomic E-state index is -0.594. The normalized spacial score (nSPS) is 18.4. The van der Waals surface area contributed by atoms with Crippen LogP contribution in [0.3, 0.4) is 0 Å². The predicted molar refractivity (Wildman–Crippen MR) is 71.5 cm³/mol. The Balaban J connectivity index is 2.35. The van der Waals surface area contributed by atoms with E-state index in [9.17, 15) is 4.79 Å². The third-order valence-electron chi connectivity index (χ3n) is 3.21. The zero-order valence-electron chi connectivity index (χ0n) is 12.0. The first kappa shape index (κ1) is 15.4. The molecule has 0 spiro atoms. The van der Waals surface area contributed by atoms with Gasteiger partial charge in [-0.1, -0.05) is 13.3 Å². The third kappa shape index (κ3) is 5.36. The minimum Gasteiger partial charge on any atom is -0.465 e. The highest BCUT2D eigenvalue weighted by Crippen LogP contribution is 2.25. The second kappa shape index (κ2) is 7.74. The van der Waals surface area contributed by atoms with Crippen molar-refractivity contribution in [2.24, 2.45) is 0 Å². The molecule has 0 heterocycles. The van der Waals surface area contributed by atoms with Crippen molar-refractivity contribution in [3.05, 3.63) is 0 Å². The van der Waals surface area contributed by atoms with E-state index in [1.165, 1.54) is 0 Å². The molecule has 0 aromatic rings. The summed E-state index contributed by atoms with van der Waals surface area (Å²) < 4.78 is 10.7. The number of hydrogen-bond acceptors (Lipinski definition) is 4. The molecule has 1 unspecified atom stereocenters. The molecule has 106 valence electrons. The summed E-state index contributed by atoms with van der Waals surface area (Å²) in [5.74, 6) is -0.156. The second-order valence-corrected chi connectivity index (χ2v) is 5.19. The lowest BCUT2D eigenvalue weighted by molar-refractivity contribution is -0.151. The second-order valence-electron chi connectivity index (χ2n) is 5.19. The van der Waals surface area contributed by atoms with E-state index in [1.807, 2.05) is 13.8 Å². The predicted octanol–water partition coefficient (Wildman–Crippen LogP) is 2.27. The molecule has 1 fully saturated rings. The molecule has 0 amide bonds. The number of esters is 1. The van der Waals surface area contributed by atoms with Crippen LogP contribution in [0.15, 0.2) is 0 Å². The van der Waals surface area contributed by atoms with Gasteiger partial charge in [0.25, 0.3) is 0 Å². The molecule has 1 rings (SSSR count). The van der Waals surface area contributed by atoms with Crippen molar-refractivity contribution in [1.82, 2.24) is 5.32 Å². The fraction of sp³-hybridized carbons (Fsp3) is 0.929. The van der Waals surface area contributed by atoms with E-state index in [2.05, 4.69) is 12.2 Å². The number of unbranched alkanes of at least 4 members (excludes halogenated alkanes) is 1. The fourth-order valence-corrected chi connectivity index (χ4v) is 1.83. The van der Waals surface area contributed by atoms with Crippen molar-refractivity contribution in [3.63, 3.8) is 0 Å². The average molecular weight is 257 g/mol. The summed E-state index contributed by atoms with van der Waals surface area (Å²) in [5, 5.41) is 3.39. The number of rotatable bonds is 10. The van der Waals surface area contributed by atoms with Crippen LogP contribution in [0.1, 0.15) is 52.9 Å². The maximum absolute atomic E-state index is 12.0. The van der Waals surface area contributed by atoms with Crippen molar-refractivity contribution in [3.8, 4) is 0 Å². The van der Waals surface area contributed by atoms with Gasteiger partial charge in [0.15, 0.2) is 0 Å². The molecule has 0 saturated heterocycles. The molecule has 0 radical (unpaired) electrons. The SMILES string of the molecule is CCCCOCCC(C)(NC1CC1)C(=O)OCC. The molecular weight excluding hydrogens is 230 g/mol. The van der Waals surface area contributed by atoms with E-state index in [0.717, 1.165) is 32.3 Å². The Hall–Kier alpha value is -0.610. The van der Waals surface area contributed by atoms with Gasteiger partial charge in [-0.2, -0.15) is 0 Å². The smallest absolute Gasteiger partial charge is 0.326 e. The largest absolute Gasteiger partial charge is 0.465 e. The van der Waals surface area contributed by atoms with Gasteiger partial charge in [-0.25, -0.2) is 0 Å². The average Bonchev–Trinajstić information content (AvgIpc) is 3.13. The van der Waals surface area contributed by atoms with Gasteiger partial charge in [-0.3, -0.25) is 10.1 Å². The molecule has 1 N–H and O–H groups in total. The molecule has 18 heavy (non-hydrogen) atoms. The van der Waals surface area contributed by atoms with Crippen LogP contribution in [0.2, 0.25) is 0 Å². The molecule has 4 nitrogen and oxygen atoms in total. The first-order valence-corrected chi connectivity index (χ1v) is 7.15. The topological polar surface area (TPSA) is 47.6 Å². The molecule has 1 aliphatic carbocycles. The minimum absolute atomic E-state index is 0.156. The van der Waals surface area contributed by atoms with E-state index in [1.54, 1.807) is 0 Å². The Kier molecular flexibility index (Phi) is 6.65. The lowest BCUT2D eigenvalue weighted by atomic mass is 9.98. The van der Waals surface area contributed by atoms with E-state index in [4.69, 9.17) is 9.47 Å². The molecular formula is C14H27NO3. The standard InChI is InChI=1S/C14H27NO3/c1-4-6-10-17-11-9-14(3,13(16)18-5-2)15-12-7-8-12/h12,15H,4-11H2,1-3H3. The highest BCUT2D eigenvalue weighted by molar-refractivity contribution is 5.80. The Morgan fingerprint density at radius 1 is 1.33 bits per heavy atom. The van der Waals surface area contributed by atoms with Crippen molar-refractivity contribution in [2.75, 3.05) is 19.8 Å². The van der Waals surface area contributed by atoms with Gasteiger partial charge in [0.2, 0.25) is 0 Å². The van der Waals surface area contributed by atoms with Crippen LogP contribution < -0.4 is 5.32 Å². The molecule has 0 aromatic heterocycles. The number of carbonyl (C=O) groups excluding carboxylic acids is 1. The monoisotopic (exact) mass is 257 g/mol. The summed E-state index contributed by atoms with van der Waals surface area (Å²) in [4.78, 5) is 12.0. The van der Waals surface area contributed by atoms with Gasteiger partial charge >= 0.3 is 5.97 Å². The van der Waals surface area contributed by atoms with E-state index in [-0.39, 0.29) is 5.97 Å². The van der Waals surface area contributed by atoms with Crippen LogP contribution in [0.5, 0.6) is 0 Å². The zero-order valence-corrected chi connectivity index (χ0v) is 12.0. The van der Waals surface area contributed by atoms with Crippen molar-refractivity contribution < 1.29 is 14.3 Å². The van der Waals surface area contributed by atoms with Crippen molar-refractivity contribution in [1.29, 1.82) is 0 Å². The Bertz CT molecular complexity index is 253. The summed E-state index contributed by atoms with van der Waals surface area (Å²) in [7, 11) is 0. The molecule has 0 aliphatic heterocycles. The summed E-state index contributed by atoms with van der Waals surface area (Å²) >= 11 is 0. The molecule has 4 heteroatoms. The van der Waals surface area contributed by atoms with Crippen LogP contribution in [0, 0.1) is 0 Å². The highest BCUT2D eigenvalue weighted by atomic mass is 16.5. The number of carbonyl (C=O) groups is 1. The van der Waals surface area contributed by atoms with Crippen LogP contribution in [0.25, 0.3) is 0 Å². The molecule has 1 atom stereocenters. The number of ether oxygens (including phenoxy) is 2.